The first kappa shape index (κ1) is 16.0. The largest absolute Gasteiger partial charge is 0.370 e. The Morgan fingerprint density at radius 3 is 2.59 bits per heavy atom. The molecule has 22 heavy (non-hydrogen) atoms. The summed E-state index contributed by atoms with van der Waals surface area (Å²) in [6.45, 7) is 2.59. The van der Waals surface area contributed by atoms with Crippen LogP contribution in [-0.2, 0) is 11.2 Å². The number of hydrogen-bond donors (Lipinski definition) is 1. The van der Waals surface area contributed by atoms with E-state index >= 15 is 0 Å². The van der Waals surface area contributed by atoms with Gasteiger partial charge in [-0.25, -0.2) is 4.39 Å². The summed E-state index contributed by atoms with van der Waals surface area (Å²) in [4.78, 5) is 14.0. The lowest BCUT2D eigenvalue weighted by atomic mass is 10.1. The minimum Gasteiger partial charge on any atom is -0.370 e. The first-order valence-electron chi connectivity index (χ1n) is 7.35. The minimum absolute atomic E-state index is 0.0982. The van der Waals surface area contributed by atoms with Gasteiger partial charge in [0.1, 0.15) is 5.82 Å². The van der Waals surface area contributed by atoms with Gasteiger partial charge in [0, 0.05) is 25.3 Å². The van der Waals surface area contributed by atoms with Crippen LogP contribution in [0.25, 0.3) is 0 Å². The Labute approximate surface area is 130 Å². The van der Waals surface area contributed by atoms with Crippen LogP contribution in [0.1, 0.15) is 12.5 Å². The van der Waals surface area contributed by atoms with Crippen molar-refractivity contribution in [3.05, 3.63) is 66.0 Å². The SMILES string of the molecule is C[C@@H](CNC(=O)Cc1cccc(F)c1)N(C)c1ccccc1. The van der Waals surface area contributed by atoms with Gasteiger partial charge >= 0.3 is 0 Å². The molecule has 4 heteroatoms. The monoisotopic (exact) mass is 300 g/mol. The number of halogens is 1. The number of hydrogen-bond acceptors (Lipinski definition) is 2. The summed E-state index contributed by atoms with van der Waals surface area (Å²) in [5, 5.41) is 2.90. The van der Waals surface area contributed by atoms with E-state index in [-0.39, 0.29) is 24.2 Å². The van der Waals surface area contributed by atoms with Gasteiger partial charge < -0.3 is 10.2 Å². The summed E-state index contributed by atoms with van der Waals surface area (Å²) < 4.78 is 13.1. The second kappa shape index (κ2) is 7.59. The molecule has 0 saturated carbocycles. The standard InChI is InChI=1S/C18H21FN2O/c1-14(21(2)17-9-4-3-5-10-17)13-20-18(22)12-15-7-6-8-16(19)11-15/h3-11,14H,12-13H2,1-2H3,(H,20,22)/t14-/m0/s1. The molecule has 2 rings (SSSR count). The Bertz CT molecular complexity index is 615. The Kier molecular flexibility index (Phi) is 5.53. The predicted molar refractivity (Wildman–Crippen MR) is 87.4 cm³/mol. The molecule has 0 aliphatic heterocycles. The molecule has 0 saturated heterocycles. The number of benzene rings is 2. The molecule has 0 aliphatic rings. The first-order chi connectivity index (χ1) is 10.6. The molecule has 0 heterocycles. The van der Waals surface area contributed by atoms with Crippen molar-refractivity contribution < 1.29 is 9.18 Å². The molecule has 0 aliphatic carbocycles. The third-order valence-electron chi connectivity index (χ3n) is 3.67. The van der Waals surface area contributed by atoms with Crippen LogP contribution < -0.4 is 10.2 Å². The lowest BCUT2D eigenvalue weighted by Gasteiger charge is -2.27. The molecule has 3 nitrogen and oxygen atoms in total. The zero-order valence-electron chi connectivity index (χ0n) is 12.9. The number of nitrogens with one attached hydrogen (secondary N) is 1. The minimum atomic E-state index is -0.317. The second-order valence-electron chi connectivity index (χ2n) is 5.41. The average Bonchev–Trinajstić information content (AvgIpc) is 2.52. The summed E-state index contributed by atoms with van der Waals surface area (Å²) in [7, 11) is 2.00. The first-order valence-corrected chi connectivity index (χ1v) is 7.35. The Morgan fingerprint density at radius 2 is 1.91 bits per heavy atom. The van der Waals surface area contributed by atoms with Crippen molar-refractivity contribution in [1.29, 1.82) is 0 Å². The molecule has 1 atom stereocenters. The van der Waals surface area contributed by atoms with Crippen molar-refractivity contribution >= 4 is 11.6 Å². The molecule has 116 valence electrons. The highest BCUT2D eigenvalue weighted by Crippen LogP contribution is 2.13. The van der Waals surface area contributed by atoms with Crippen LogP contribution in [0.2, 0.25) is 0 Å². The number of rotatable bonds is 6. The Hall–Kier alpha value is -2.36. The van der Waals surface area contributed by atoms with Gasteiger partial charge in [0.2, 0.25) is 5.91 Å². The Balaban J connectivity index is 1.83. The Morgan fingerprint density at radius 1 is 1.18 bits per heavy atom. The van der Waals surface area contributed by atoms with Crippen molar-refractivity contribution in [3.63, 3.8) is 0 Å². The molecule has 0 aromatic heterocycles. The van der Waals surface area contributed by atoms with Gasteiger partial charge in [-0.1, -0.05) is 30.3 Å². The summed E-state index contributed by atoms with van der Waals surface area (Å²) in [6.07, 6.45) is 0.194. The zero-order valence-corrected chi connectivity index (χ0v) is 12.9. The highest BCUT2D eigenvalue weighted by molar-refractivity contribution is 5.78. The molecule has 0 bridgehead atoms. The van der Waals surface area contributed by atoms with Crippen molar-refractivity contribution in [1.82, 2.24) is 5.32 Å². The van der Waals surface area contributed by atoms with Crippen LogP contribution in [0.3, 0.4) is 0 Å². The van der Waals surface area contributed by atoms with Crippen molar-refractivity contribution in [2.45, 2.75) is 19.4 Å². The van der Waals surface area contributed by atoms with Crippen molar-refractivity contribution in [2.75, 3.05) is 18.5 Å². The van der Waals surface area contributed by atoms with E-state index in [1.807, 2.05) is 37.4 Å². The molecule has 2 aromatic carbocycles. The lowest BCUT2D eigenvalue weighted by Crippen LogP contribution is -2.40. The van der Waals surface area contributed by atoms with Gasteiger partial charge in [0.25, 0.3) is 0 Å². The molecular weight excluding hydrogens is 279 g/mol. The van der Waals surface area contributed by atoms with Gasteiger partial charge in [-0.2, -0.15) is 0 Å². The van der Waals surface area contributed by atoms with Gasteiger partial charge in [-0.15, -0.1) is 0 Å². The van der Waals surface area contributed by atoms with E-state index < -0.39 is 0 Å². The third-order valence-corrected chi connectivity index (χ3v) is 3.67. The maximum absolute atomic E-state index is 13.1. The number of amides is 1. The van der Waals surface area contributed by atoms with Crippen molar-refractivity contribution in [3.8, 4) is 0 Å². The fourth-order valence-electron chi connectivity index (χ4n) is 2.21. The number of anilines is 1. The number of carbonyl (C=O) groups is 1. The van der Waals surface area contributed by atoms with Crippen LogP contribution in [0.5, 0.6) is 0 Å². The van der Waals surface area contributed by atoms with Crippen LogP contribution in [-0.4, -0.2) is 25.5 Å². The molecular formula is C18H21FN2O. The number of para-hydroxylation sites is 1. The molecule has 0 unspecified atom stereocenters. The number of likely N-dealkylation sites (N-methyl/N-ethyl adjacent to an activating group) is 1. The van der Waals surface area contributed by atoms with Gasteiger partial charge in [-0.3, -0.25) is 4.79 Å². The summed E-state index contributed by atoms with van der Waals surface area (Å²) in [5.41, 5.74) is 1.79. The van der Waals surface area contributed by atoms with E-state index in [1.54, 1.807) is 12.1 Å². The fraction of sp³-hybridized carbons (Fsp3) is 0.278. The third kappa shape index (κ3) is 4.58. The normalized spacial score (nSPS) is 11.8. The van der Waals surface area contributed by atoms with E-state index in [0.29, 0.717) is 12.1 Å². The second-order valence-corrected chi connectivity index (χ2v) is 5.41. The van der Waals surface area contributed by atoms with E-state index in [1.165, 1.54) is 12.1 Å². The predicted octanol–water partition coefficient (Wildman–Crippen LogP) is 3.01. The lowest BCUT2D eigenvalue weighted by molar-refractivity contribution is -0.120. The van der Waals surface area contributed by atoms with Gasteiger partial charge in [0.05, 0.1) is 6.42 Å². The topological polar surface area (TPSA) is 32.3 Å². The van der Waals surface area contributed by atoms with Crippen LogP contribution in [0.4, 0.5) is 10.1 Å². The van der Waals surface area contributed by atoms with Gasteiger partial charge in [-0.05, 0) is 36.8 Å². The maximum Gasteiger partial charge on any atom is 0.224 e. The van der Waals surface area contributed by atoms with E-state index in [4.69, 9.17) is 0 Å². The summed E-state index contributed by atoms with van der Waals surface area (Å²) in [5.74, 6) is -0.415. The highest BCUT2D eigenvalue weighted by Gasteiger charge is 2.11. The summed E-state index contributed by atoms with van der Waals surface area (Å²) in [6, 6.07) is 16.3. The molecule has 2 aromatic rings. The smallest absolute Gasteiger partial charge is 0.224 e. The number of nitrogens with zero attached hydrogens (tertiary/aromatic N) is 1. The van der Waals surface area contributed by atoms with E-state index in [9.17, 15) is 9.18 Å². The molecule has 1 N–H and O–H groups in total. The van der Waals surface area contributed by atoms with Gasteiger partial charge in [0.15, 0.2) is 0 Å². The van der Waals surface area contributed by atoms with E-state index in [2.05, 4.69) is 17.1 Å². The zero-order chi connectivity index (χ0) is 15.9. The quantitative estimate of drug-likeness (QED) is 0.889. The molecule has 0 spiro atoms. The molecule has 1 amide bonds. The summed E-state index contributed by atoms with van der Waals surface area (Å²) >= 11 is 0. The fourth-order valence-corrected chi connectivity index (χ4v) is 2.21. The van der Waals surface area contributed by atoms with Crippen LogP contribution in [0, 0.1) is 5.82 Å². The van der Waals surface area contributed by atoms with E-state index in [0.717, 1.165) is 5.69 Å². The van der Waals surface area contributed by atoms with Crippen LogP contribution in [0.15, 0.2) is 54.6 Å². The highest BCUT2D eigenvalue weighted by atomic mass is 19.1. The number of carbonyl (C=O) groups excluding carboxylic acids is 1. The molecule has 0 radical (unpaired) electrons. The van der Waals surface area contributed by atoms with Crippen LogP contribution >= 0.6 is 0 Å². The van der Waals surface area contributed by atoms with Crippen molar-refractivity contribution in [2.24, 2.45) is 0 Å². The maximum atomic E-state index is 13.1. The molecule has 0 fully saturated rings. The average molecular weight is 300 g/mol.